The van der Waals surface area contributed by atoms with Crippen molar-refractivity contribution in [1.82, 2.24) is 9.97 Å². The van der Waals surface area contributed by atoms with Gasteiger partial charge in [-0.25, -0.2) is 0 Å². The van der Waals surface area contributed by atoms with Gasteiger partial charge in [-0.2, -0.15) is 0 Å². The lowest BCUT2D eigenvalue weighted by atomic mass is 9.87. The predicted octanol–water partition coefficient (Wildman–Crippen LogP) is 3.45. The zero-order chi connectivity index (χ0) is 15.5. The Hall–Kier alpha value is -2.75. The molecule has 1 unspecified atom stereocenters. The zero-order valence-corrected chi connectivity index (χ0v) is 12.2. The summed E-state index contributed by atoms with van der Waals surface area (Å²) in [6.07, 6.45) is 5.39. The molecular weight excluding hydrogens is 276 g/mol. The normalized spacial score (nSPS) is 12.2. The lowest BCUT2D eigenvalue weighted by Crippen LogP contribution is -2.07. The van der Waals surface area contributed by atoms with E-state index >= 15 is 0 Å². The molecule has 1 aromatic carbocycles. The highest BCUT2D eigenvalue weighted by Gasteiger charge is 2.21. The summed E-state index contributed by atoms with van der Waals surface area (Å²) >= 11 is 0. The minimum absolute atomic E-state index is 0.0642. The second-order valence-corrected chi connectivity index (χ2v) is 5.32. The Kier molecular flexibility index (Phi) is 3.83. The molecule has 110 valence electrons. The van der Waals surface area contributed by atoms with Crippen LogP contribution >= 0.6 is 0 Å². The van der Waals surface area contributed by atoms with Gasteiger partial charge in [0.05, 0.1) is 0 Å². The van der Waals surface area contributed by atoms with E-state index in [1.54, 1.807) is 25.5 Å². The van der Waals surface area contributed by atoms with Gasteiger partial charge >= 0.3 is 0 Å². The first-order valence-electron chi connectivity index (χ1n) is 7.13. The van der Waals surface area contributed by atoms with Crippen LogP contribution in [0.15, 0.2) is 55.0 Å². The van der Waals surface area contributed by atoms with Gasteiger partial charge in [-0.15, -0.1) is 0 Å². The molecule has 2 heterocycles. The highest BCUT2D eigenvalue weighted by molar-refractivity contribution is 5.86. The van der Waals surface area contributed by atoms with Crippen molar-refractivity contribution in [3.8, 4) is 5.75 Å². The van der Waals surface area contributed by atoms with Crippen molar-refractivity contribution in [1.29, 1.82) is 0 Å². The molecule has 3 rings (SSSR count). The number of ketones is 1. The fourth-order valence-corrected chi connectivity index (χ4v) is 2.70. The van der Waals surface area contributed by atoms with Crippen LogP contribution in [0.4, 0.5) is 0 Å². The van der Waals surface area contributed by atoms with Crippen molar-refractivity contribution in [3.63, 3.8) is 0 Å². The van der Waals surface area contributed by atoms with Crippen molar-refractivity contribution in [2.75, 3.05) is 0 Å². The van der Waals surface area contributed by atoms with Crippen molar-refractivity contribution in [2.45, 2.75) is 19.3 Å². The summed E-state index contributed by atoms with van der Waals surface area (Å²) in [5.74, 6) is -0.0276. The molecule has 0 aliphatic heterocycles. The number of benzene rings is 1. The van der Waals surface area contributed by atoms with Gasteiger partial charge in [0.25, 0.3) is 0 Å². The Morgan fingerprint density at radius 1 is 1.18 bits per heavy atom. The molecule has 3 aromatic rings. The van der Waals surface area contributed by atoms with Crippen LogP contribution in [0.1, 0.15) is 30.4 Å². The molecule has 22 heavy (non-hydrogen) atoms. The Labute approximate surface area is 128 Å². The first kappa shape index (κ1) is 14.2. The fraction of sp³-hybridized carbons (Fsp3) is 0.167. The number of Topliss-reactive ketones (excluding diaryl/α,β-unsaturated/α-hetero) is 1. The van der Waals surface area contributed by atoms with E-state index in [0.29, 0.717) is 17.5 Å². The number of aromatic nitrogens is 2. The Balaban J connectivity index is 2.16. The summed E-state index contributed by atoms with van der Waals surface area (Å²) < 4.78 is 0. The lowest BCUT2D eigenvalue weighted by molar-refractivity contribution is -0.117. The summed E-state index contributed by atoms with van der Waals surface area (Å²) in [6, 6.07) is 11.3. The van der Waals surface area contributed by atoms with Gasteiger partial charge in [-0.3, -0.25) is 14.8 Å². The topological polar surface area (TPSA) is 63.1 Å². The highest BCUT2D eigenvalue weighted by Crippen LogP contribution is 2.37. The van der Waals surface area contributed by atoms with Crippen LogP contribution < -0.4 is 0 Å². The number of carbonyl (C=O) groups is 1. The number of pyridine rings is 2. The quantitative estimate of drug-likeness (QED) is 0.800. The third kappa shape index (κ3) is 2.68. The zero-order valence-electron chi connectivity index (χ0n) is 12.2. The van der Waals surface area contributed by atoms with Crippen LogP contribution in [-0.4, -0.2) is 20.9 Å². The minimum atomic E-state index is -0.224. The molecule has 4 nitrogen and oxygen atoms in total. The van der Waals surface area contributed by atoms with E-state index in [4.69, 9.17) is 0 Å². The molecule has 0 saturated carbocycles. The number of aromatic hydroxyl groups is 1. The maximum atomic E-state index is 11.7. The van der Waals surface area contributed by atoms with Gasteiger partial charge in [0.15, 0.2) is 0 Å². The first-order valence-corrected chi connectivity index (χ1v) is 7.13. The van der Waals surface area contributed by atoms with Crippen LogP contribution in [0.25, 0.3) is 10.9 Å². The van der Waals surface area contributed by atoms with Crippen molar-refractivity contribution in [3.05, 3.63) is 66.1 Å². The number of hydrogen-bond acceptors (Lipinski definition) is 4. The third-order valence-electron chi connectivity index (χ3n) is 3.73. The number of phenols is 1. The SMILES string of the molecule is CC(=O)CC(c1cccnc1)c1ccc2cccnc2c1O. The summed E-state index contributed by atoms with van der Waals surface area (Å²) in [5.41, 5.74) is 2.16. The van der Waals surface area contributed by atoms with E-state index in [1.165, 1.54) is 0 Å². The molecule has 0 fully saturated rings. The monoisotopic (exact) mass is 292 g/mol. The van der Waals surface area contributed by atoms with Gasteiger partial charge in [0, 0.05) is 41.9 Å². The summed E-state index contributed by atoms with van der Waals surface area (Å²) in [6.45, 7) is 1.56. The second-order valence-electron chi connectivity index (χ2n) is 5.32. The number of rotatable bonds is 4. The Morgan fingerprint density at radius 2 is 2.00 bits per heavy atom. The molecule has 0 aliphatic rings. The third-order valence-corrected chi connectivity index (χ3v) is 3.73. The number of phenolic OH excluding ortho intramolecular Hbond substituents is 1. The molecule has 0 saturated heterocycles. The van der Waals surface area contributed by atoms with Gasteiger partial charge in [-0.05, 0) is 24.6 Å². The largest absolute Gasteiger partial charge is 0.505 e. The smallest absolute Gasteiger partial charge is 0.145 e. The minimum Gasteiger partial charge on any atom is -0.505 e. The van der Waals surface area contributed by atoms with E-state index in [2.05, 4.69) is 9.97 Å². The number of fused-ring (bicyclic) bond motifs is 1. The van der Waals surface area contributed by atoms with Crippen molar-refractivity contribution in [2.24, 2.45) is 0 Å². The van der Waals surface area contributed by atoms with Gasteiger partial charge < -0.3 is 5.11 Å². The summed E-state index contributed by atoms with van der Waals surface area (Å²) in [5, 5.41) is 11.5. The van der Waals surface area contributed by atoms with Gasteiger partial charge in [0.1, 0.15) is 17.0 Å². The van der Waals surface area contributed by atoms with Crippen LogP contribution in [0, 0.1) is 0 Å². The number of hydrogen-bond donors (Lipinski definition) is 1. The Bertz CT molecular complexity index is 816. The van der Waals surface area contributed by atoms with E-state index in [1.807, 2.05) is 36.4 Å². The predicted molar refractivity (Wildman–Crippen MR) is 84.8 cm³/mol. The fourth-order valence-electron chi connectivity index (χ4n) is 2.70. The van der Waals surface area contributed by atoms with Crippen LogP contribution in [-0.2, 0) is 4.79 Å². The average molecular weight is 292 g/mol. The maximum absolute atomic E-state index is 11.7. The molecule has 1 atom stereocenters. The lowest BCUT2D eigenvalue weighted by Gasteiger charge is -2.18. The summed E-state index contributed by atoms with van der Waals surface area (Å²) in [7, 11) is 0. The molecule has 0 bridgehead atoms. The maximum Gasteiger partial charge on any atom is 0.145 e. The van der Waals surface area contributed by atoms with E-state index in [0.717, 1.165) is 10.9 Å². The molecular formula is C18H16N2O2. The molecule has 0 radical (unpaired) electrons. The molecule has 2 aromatic heterocycles. The molecule has 1 N–H and O–H groups in total. The molecule has 4 heteroatoms. The van der Waals surface area contributed by atoms with E-state index in [9.17, 15) is 9.90 Å². The van der Waals surface area contributed by atoms with Crippen LogP contribution in [0.5, 0.6) is 5.75 Å². The number of nitrogens with zero attached hydrogens (tertiary/aromatic N) is 2. The first-order chi connectivity index (χ1) is 10.7. The molecule has 0 spiro atoms. The van der Waals surface area contributed by atoms with Crippen LogP contribution in [0.2, 0.25) is 0 Å². The highest BCUT2D eigenvalue weighted by atomic mass is 16.3. The van der Waals surface area contributed by atoms with E-state index < -0.39 is 0 Å². The molecule has 0 aliphatic carbocycles. The van der Waals surface area contributed by atoms with Crippen molar-refractivity contribution >= 4 is 16.7 Å². The van der Waals surface area contributed by atoms with Gasteiger partial charge in [0.2, 0.25) is 0 Å². The second kappa shape index (κ2) is 5.93. The molecule has 0 amide bonds. The van der Waals surface area contributed by atoms with E-state index in [-0.39, 0.29) is 17.5 Å². The van der Waals surface area contributed by atoms with Crippen LogP contribution in [0.3, 0.4) is 0 Å². The van der Waals surface area contributed by atoms with Gasteiger partial charge in [-0.1, -0.05) is 24.3 Å². The Morgan fingerprint density at radius 3 is 2.73 bits per heavy atom. The standard InChI is InChI=1S/C18H16N2O2/c1-12(21)10-16(14-5-2-8-19-11-14)15-7-6-13-4-3-9-20-17(13)18(15)22/h2-9,11,16,22H,10H2,1H3. The number of carbonyl (C=O) groups excluding carboxylic acids is 1. The van der Waals surface area contributed by atoms with Crippen molar-refractivity contribution < 1.29 is 9.90 Å². The summed E-state index contributed by atoms with van der Waals surface area (Å²) in [4.78, 5) is 20.0. The average Bonchev–Trinajstić information content (AvgIpc) is 2.54.